The standard InChI is InChI=1S/C28H24N4/c1-29-19-31(27-14-8-6-12-25(27)29)23-16-22(21-10-4-3-5-11-21)17-24(18-23)32-20-30(2)26-13-7-9-15-28(26)32/h3-20H,1-2H3/q+2. The van der Waals surface area contributed by atoms with Gasteiger partial charge in [0.1, 0.15) is 11.4 Å². The zero-order valence-corrected chi connectivity index (χ0v) is 18.2. The molecule has 0 saturated heterocycles. The molecule has 0 aliphatic rings. The molecular formula is C28H24N4+2. The van der Waals surface area contributed by atoms with Gasteiger partial charge in [0, 0.05) is 6.07 Å². The summed E-state index contributed by atoms with van der Waals surface area (Å²) >= 11 is 0. The summed E-state index contributed by atoms with van der Waals surface area (Å²) in [5, 5.41) is 0. The van der Waals surface area contributed by atoms with Gasteiger partial charge in [0.05, 0.1) is 14.1 Å². The van der Waals surface area contributed by atoms with Crippen molar-refractivity contribution in [3.8, 4) is 22.5 Å². The summed E-state index contributed by atoms with van der Waals surface area (Å²) in [6, 6.07) is 34.5. The molecule has 0 atom stereocenters. The van der Waals surface area contributed by atoms with Gasteiger partial charge >= 0.3 is 0 Å². The Hall–Kier alpha value is -4.18. The van der Waals surface area contributed by atoms with Crippen LogP contribution in [0.25, 0.3) is 44.6 Å². The molecule has 2 heterocycles. The Bertz CT molecular complexity index is 1490. The molecule has 154 valence electrons. The number of nitrogens with zero attached hydrogens (tertiary/aromatic N) is 4. The molecule has 0 aliphatic carbocycles. The van der Waals surface area contributed by atoms with E-state index in [-0.39, 0.29) is 0 Å². The maximum atomic E-state index is 2.27. The smallest absolute Gasteiger partial charge is 0.232 e. The average molecular weight is 417 g/mol. The van der Waals surface area contributed by atoms with Gasteiger partial charge in [-0.05, 0) is 47.5 Å². The number of aromatic nitrogens is 4. The minimum Gasteiger partial charge on any atom is -0.232 e. The summed E-state index contributed by atoms with van der Waals surface area (Å²) in [7, 11) is 4.19. The molecular weight excluding hydrogens is 392 g/mol. The molecule has 4 nitrogen and oxygen atoms in total. The van der Waals surface area contributed by atoms with Gasteiger partial charge in [0.25, 0.3) is 0 Å². The van der Waals surface area contributed by atoms with Crippen LogP contribution < -0.4 is 9.13 Å². The van der Waals surface area contributed by atoms with Crippen LogP contribution in [0.3, 0.4) is 0 Å². The van der Waals surface area contributed by atoms with Gasteiger partial charge in [0.15, 0.2) is 22.1 Å². The van der Waals surface area contributed by atoms with Crippen LogP contribution in [0.15, 0.2) is 110 Å². The number of rotatable bonds is 3. The van der Waals surface area contributed by atoms with E-state index < -0.39 is 0 Å². The zero-order valence-electron chi connectivity index (χ0n) is 18.2. The van der Waals surface area contributed by atoms with E-state index in [1.165, 1.54) is 33.2 Å². The van der Waals surface area contributed by atoms with Gasteiger partial charge in [-0.3, -0.25) is 0 Å². The minimum atomic E-state index is 1.14. The van der Waals surface area contributed by atoms with E-state index in [0.29, 0.717) is 0 Å². The van der Waals surface area contributed by atoms with Crippen molar-refractivity contribution in [3.63, 3.8) is 0 Å². The van der Waals surface area contributed by atoms with Gasteiger partial charge in [-0.2, -0.15) is 9.13 Å². The maximum Gasteiger partial charge on any atom is 0.249 e. The molecule has 0 saturated carbocycles. The summed E-state index contributed by atoms with van der Waals surface area (Å²) in [5.41, 5.74) is 9.46. The first-order chi connectivity index (χ1) is 15.7. The third kappa shape index (κ3) is 2.92. The van der Waals surface area contributed by atoms with Gasteiger partial charge in [0.2, 0.25) is 12.7 Å². The molecule has 0 bridgehead atoms. The minimum absolute atomic E-state index is 1.14. The number of hydrogen-bond donors (Lipinski definition) is 0. The highest BCUT2D eigenvalue weighted by molar-refractivity contribution is 5.78. The lowest BCUT2D eigenvalue weighted by Crippen LogP contribution is -2.25. The number of aryl methyl sites for hydroxylation is 2. The van der Waals surface area contributed by atoms with Crippen molar-refractivity contribution >= 4 is 22.1 Å². The highest BCUT2D eigenvalue weighted by Crippen LogP contribution is 2.29. The highest BCUT2D eigenvalue weighted by atomic mass is 15.1. The third-order valence-corrected chi connectivity index (χ3v) is 6.19. The molecule has 2 aromatic heterocycles. The van der Waals surface area contributed by atoms with E-state index in [0.717, 1.165) is 11.4 Å². The van der Waals surface area contributed by atoms with Crippen LogP contribution in [0, 0.1) is 0 Å². The molecule has 0 spiro atoms. The van der Waals surface area contributed by atoms with Crippen LogP contribution in [0.5, 0.6) is 0 Å². The summed E-state index contributed by atoms with van der Waals surface area (Å²) < 4.78 is 8.90. The molecule has 0 N–H and O–H groups in total. The summed E-state index contributed by atoms with van der Waals surface area (Å²) in [6.07, 6.45) is 4.32. The fourth-order valence-electron chi connectivity index (χ4n) is 4.61. The Morgan fingerprint density at radius 2 is 0.969 bits per heavy atom. The number of imidazole rings is 2. The number of hydrogen-bond acceptors (Lipinski definition) is 0. The fourth-order valence-corrected chi connectivity index (χ4v) is 4.61. The molecule has 0 fully saturated rings. The topological polar surface area (TPSA) is 17.6 Å². The van der Waals surface area contributed by atoms with Gasteiger partial charge in [-0.25, -0.2) is 9.13 Å². The second-order valence-corrected chi connectivity index (χ2v) is 8.27. The van der Waals surface area contributed by atoms with E-state index >= 15 is 0 Å². The lowest BCUT2D eigenvalue weighted by molar-refractivity contribution is -0.645. The lowest BCUT2D eigenvalue weighted by Gasteiger charge is -2.07. The predicted molar refractivity (Wildman–Crippen MR) is 128 cm³/mol. The molecule has 4 heteroatoms. The first-order valence-electron chi connectivity index (χ1n) is 10.8. The van der Waals surface area contributed by atoms with Crippen molar-refractivity contribution in [1.82, 2.24) is 9.13 Å². The molecule has 4 aromatic carbocycles. The van der Waals surface area contributed by atoms with Crippen LogP contribution in [-0.4, -0.2) is 9.13 Å². The molecule has 0 unspecified atom stereocenters. The normalized spacial score (nSPS) is 11.4. The number of para-hydroxylation sites is 4. The summed E-state index contributed by atoms with van der Waals surface area (Å²) in [6.45, 7) is 0. The zero-order chi connectivity index (χ0) is 21.7. The van der Waals surface area contributed by atoms with Crippen molar-refractivity contribution in [2.45, 2.75) is 0 Å². The largest absolute Gasteiger partial charge is 0.249 e. The average Bonchev–Trinajstić information content (AvgIpc) is 3.37. The molecule has 32 heavy (non-hydrogen) atoms. The van der Waals surface area contributed by atoms with E-state index in [4.69, 9.17) is 0 Å². The Kier molecular flexibility index (Phi) is 4.18. The van der Waals surface area contributed by atoms with Gasteiger partial charge in [-0.1, -0.05) is 54.6 Å². The van der Waals surface area contributed by atoms with Crippen molar-refractivity contribution < 1.29 is 9.13 Å². The number of fused-ring (bicyclic) bond motifs is 2. The molecule has 6 aromatic rings. The van der Waals surface area contributed by atoms with Gasteiger partial charge in [-0.15, -0.1) is 0 Å². The molecule has 0 radical (unpaired) electrons. The fraction of sp³-hybridized carbons (Fsp3) is 0.0714. The Labute approximate surface area is 186 Å². The van der Waals surface area contributed by atoms with Crippen LogP contribution in [0.2, 0.25) is 0 Å². The lowest BCUT2D eigenvalue weighted by atomic mass is 10.0. The van der Waals surface area contributed by atoms with Crippen molar-refractivity contribution in [3.05, 3.63) is 110 Å². The van der Waals surface area contributed by atoms with Gasteiger partial charge < -0.3 is 0 Å². The first kappa shape index (κ1) is 18.6. The monoisotopic (exact) mass is 416 g/mol. The third-order valence-electron chi connectivity index (χ3n) is 6.19. The second-order valence-electron chi connectivity index (χ2n) is 8.27. The van der Waals surface area contributed by atoms with Crippen molar-refractivity contribution in [2.75, 3.05) is 0 Å². The predicted octanol–water partition coefficient (Wildman–Crippen LogP) is 4.89. The second kappa shape index (κ2) is 7.20. The first-order valence-corrected chi connectivity index (χ1v) is 10.8. The number of benzene rings is 4. The van der Waals surface area contributed by atoms with E-state index in [2.05, 4.69) is 142 Å². The van der Waals surface area contributed by atoms with E-state index in [9.17, 15) is 0 Å². The Balaban J connectivity index is 1.65. The van der Waals surface area contributed by atoms with E-state index in [1.54, 1.807) is 0 Å². The van der Waals surface area contributed by atoms with Crippen LogP contribution in [0.1, 0.15) is 0 Å². The maximum absolute atomic E-state index is 2.27. The molecule has 6 rings (SSSR count). The Morgan fingerprint density at radius 3 is 1.50 bits per heavy atom. The summed E-state index contributed by atoms with van der Waals surface area (Å²) in [4.78, 5) is 0. The quantitative estimate of drug-likeness (QED) is 0.366. The van der Waals surface area contributed by atoms with E-state index in [1.807, 2.05) is 0 Å². The molecule has 0 aliphatic heterocycles. The van der Waals surface area contributed by atoms with Crippen molar-refractivity contribution in [2.24, 2.45) is 14.1 Å². The summed E-state index contributed by atoms with van der Waals surface area (Å²) in [5.74, 6) is 0. The Morgan fingerprint density at radius 1 is 0.500 bits per heavy atom. The van der Waals surface area contributed by atoms with Crippen molar-refractivity contribution in [1.29, 1.82) is 0 Å². The van der Waals surface area contributed by atoms with Crippen LogP contribution in [0.4, 0.5) is 0 Å². The SMILES string of the molecule is C[n+]1cn(-c2cc(-c3ccccc3)cc(-n3c[n+](C)c4ccccc43)c2)c2ccccc21. The highest BCUT2D eigenvalue weighted by Gasteiger charge is 2.20. The molecule has 0 amide bonds. The van der Waals surface area contributed by atoms with Crippen LogP contribution in [-0.2, 0) is 14.1 Å². The van der Waals surface area contributed by atoms with Crippen LogP contribution >= 0.6 is 0 Å².